The first-order chi connectivity index (χ1) is 14.6. The number of nitrogens with one attached hydrogen (secondary N) is 1. The maximum Gasteiger partial charge on any atom is 0.317 e. The lowest BCUT2D eigenvalue weighted by Gasteiger charge is -2.40. The fourth-order valence-electron chi connectivity index (χ4n) is 3.42. The van der Waals surface area contributed by atoms with Crippen LogP contribution in [0.5, 0.6) is 0 Å². The number of nitrogens with zero attached hydrogens (tertiary/aromatic N) is 1. The van der Waals surface area contributed by atoms with Crippen LogP contribution in [0, 0.1) is 0 Å². The first-order valence-electron chi connectivity index (χ1n) is 9.82. The normalized spacial score (nSPS) is 14.8. The Labute approximate surface area is 186 Å². The van der Waals surface area contributed by atoms with Crippen LogP contribution in [0.1, 0.15) is 22.8 Å². The predicted molar refractivity (Wildman–Crippen MR) is 120 cm³/mol. The van der Waals surface area contributed by atoms with Crippen molar-refractivity contribution < 1.29 is 9.53 Å². The van der Waals surface area contributed by atoms with E-state index in [9.17, 15) is 4.79 Å². The van der Waals surface area contributed by atoms with Crippen molar-refractivity contribution in [3.8, 4) is 0 Å². The van der Waals surface area contributed by atoms with Crippen LogP contribution in [-0.4, -0.2) is 30.1 Å². The molecule has 0 spiro atoms. The zero-order chi connectivity index (χ0) is 20.9. The van der Waals surface area contributed by atoms with E-state index in [1.54, 1.807) is 4.90 Å². The van der Waals surface area contributed by atoms with Crippen LogP contribution in [-0.2, 0) is 11.3 Å². The third-order valence-corrected chi connectivity index (χ3v) is 5.71. The van der Waals surface area contributed by atoms with E-state index in [0.29, 0.717) is 29.7 Å². The molecular weight excluding hydrogens is 419 g/mol. The van der Waals surface area contributed by atoms with Crippen molar-refractivity contribution in [1.29, 1.82) is 0 Å². The fourth-order valence-corrected chi connectivity index (χ4v) is 3.79. The lowest BCUT2D eigenvalue weighted by atomic mass is 10.0. The standard InChI is InChI=1S/C24H22Cl2N2O2/c25-19-12-10-18(11-13-19)23(21-8-4-5-9-22(21)26)30-20-15-28(16-20)24(29)27-14-17-6-2-1-3-7-17/h1-13,20,23H,14-16H2,(H,27,29). The Balaban J connectivity index is 1.38. The second kappa shape index (κ2) is 9.52. The first-order valence-corrected chi connectivity index (χ1v) is 10.6. The molecule has 1 saturated heterocycles. The molecule has 1 heterocycles. The fraction of sp³-hybridized carbons (Fsp3) is 0.208. The summed E-state index contributed by atoms with van der Waals surface area (Å²) in [6.45, 7) is 1.58. The maximum atomic E-state index is 12.4. The third kappa shape index (κ3) is 4.96. The minimum Gasteiger partial charge on any atom is -0.362 e. The number of rotatable bonds is 6. The SMILES string of the molecule is O=C(NCc1ccccc1)N1CC(OC(c2ccc(Cl)cc2)c2ccccc2Cl)C1. The molecule has 0 aliphatic carbocycles. The quantitative estimate of drug-likeness (QED) is 0.534. The Morgan fingerprint density at radius 2 is 1.63 bits per heavy atom. The van der Waals surface area contributed by atoms with Crippen LogP contribution < -0.4 is 5.32 Å². The van der Waals surface area contributed by atoms with Gasteiger partial charge in [0.25, 0.3) is 0 Å². The van der Waals surface area contributed by atoms with Crippen LogP contribution in [0.4, 0.5) is 4.79 Å². The molecule has 154 valence electrons. The molecule has 0 saturated carbocycles. The maximum absolute atomic E-state index is 12.4. The van der Waals surface area contributed by atoms with Crippen molar-refractivity contribution in [2.24, 2.45) is 0 Å². The summed E-state index contributed by atoms with van der Waals surface area (Å²) in [6, 6.07) is 25.0. The summed E-state index contributed by atoms with van der Waals surface area (Å²) in [5.74, 6) is 0. The van der Waals surface area contributed by atoms with Crippen LogP contribution >= 0.6 is 23.2 Å². The number of ether oxygens (including phenoxy) is 1. The lowest BCUT2D eigenvalue weighted by Crippen LogP contribution is -2.57. The van der Waals surface area contributed by atoms with Gasteiger partial charge in [-0.25, -0.2) is 4.79 Å². The summed E-state index contributed by atoms with van der Waals surface area (Å²) in [6.07, 6.45) is -0.389. The molecule has 6 heteroatoms. The van der Waals surface area contributed by atoms with Gasteiger partial charge in [0.05, 0.1) is 19.2 Å². The molecule has 0 radical (unpaired) electrons. The van der Waals surface area contributed by atoms with E-state index < -0.39 is 0 Å². The number of amides is 2. The number of urea groups is 1. The monoisotopic (exact) mass is 440 g/mol. The van der Waals surface area contributed by atoms with Gasteiger partial charge in [-0.15, -0.1) is 0 Å². The van der Waals surface area contributed by atoms with Gasteiger partial charge < -0.3 is 15.0 Å². The van der Waals surface area contributed by atoms with Crippen LogP contribution in [0.25, 0.3) is 0 Å². The minimum atomic E-state index is -0.324. The molecule has 3 aromatic rings. The van der Waals surface area contributed by atoms with E-state index in [-0.39, 0.29) is 18.2 Å². The van der Waals surface area contributed by atoms with Crippen molar-refractivity contribution in [3.05, 3.63) is 106 Å². The Morgan fingerprint density at radius 3 is 2.33 bits per heavy atom. The predicted octanol–water partition coefficient (Wildman–Crippen LogP) is 5.69. The summed E-state index contributed by atoms with van der Waals surface area (Å²) in [4.78, 5) is 14.1. The minimum absolute atomic E-state index is 0.0653. The van der Waals surface area contributed by atoms with Crippen molar-refractivity contribution in [3.63, 3.8) is 0 Å². The van der Waals surface area contributed by atoms with E-state index >= 15 is 0 Å². The Kier molecular flexibility index (Phi) is 6.58. The number of hydrogen-bond acceptors (Lipinski definition) is 2. The number of halogens is 2. The van der Waals surface area contributed by atoms with Crippen molar-refractivity contribution in [2.75, 3.05) is 13.1 Å². The first kappa shape index (κ1) is 20.7. The number of benzene rings is 3. The molecule has 1 aliphatic rings. The highest BCUT2D eigenvalue weighted by Gasteiger charge is 2.34. The zero-order valence-corrected chi connectivity index (χ0v) is 17.8. The molecule has 2 amide bonds. The van der Waals surface area contributed by atoms with Gasteiger partial charge in [0.1, 0.15) is 6.10 Å². The van der Waals surface area contributed by atoms with Gasteiger partial charge in [0, 0.05) is 22.2 Å². The largest absolute Gasteiger partial charge is 0.362 e. The van der Waals surface area contributed by atoms with Gasteiger partial charge >= 0.3 is 6.03 Å². The van der Waals surface area contributed by atoms with Crippen molar-refractivity contribution >= 4 is 29.2 Å². The number of hydrogen-bond donors (Lipinski definition) is 1. The molecule has 30 heavy (non-hydrogen) atoms. The molecule has 0 aromatic heterocycles. The highest BCUT2D eigenvalue weighted by atomic mass is 35.5. The lowest BCUT2D eigenvalue weighted by molar-refractivity contribution is -0.0645. The topological polar surface area (TPSA) is 41.6 Å². The van der Waals surface area contributed by atoms with Gasteiger partial charge in [0.2, 0.25) is 0 Å². The summed E-state index contributed by atoms with van der Waals surface area (Å²) in [5.41, 5.74) is 2.94. The van der Waals surface area contributed by atoms with Crippen LogP contribution in [0.3, 0.4) is 0 Å². The van der Waals surface area contributed by atoms with Gasteiger partial charge in [-0.2, -0.15) is 0 Å². The summed E-state index contributed by atoms with van der Waals surface area (Å²) >= 11 is 12.5. The number of likely N-dealkylation sites (tertiary alicyclic amines) is 1. The van der Waals surface area contributed by atoms with E-state index in [1.165, 1.54) is 0 Å². The molecule has 3 aromatic carbocycles. The molecule has 1 fully saturated rings. The molecule has 4 nitrogen and oxygen atoms in total. The Hall–Kier alpha value is -2.53. The van der Waals surface area contributed by atoms with E-state index in [1.807, 2.05) is 78.9 Å². The van der Waals surface area contributed by atoms with Crippen LogP contribution in [0.2, 0.25) is 10.0 Å². The summed E-state index contributed by atoms with van der Waals surface area (Å²) in [5, 5.41) is 4.26. The third-order valence-electron chi connectivity index (χ3n) is 5.11. The summed E-state index contributed by atoms with van der Waals surface area (Å²) in [7, 11) is 0. The van der Waals surface area contributed by atoms with Gasteiger partial charge in [-0.3, -0.25) is 0 Å². The molecular formula is C24H22Cl2N2O2. The van der Waals surface area contributed by atoms with Crippen LogP contribution in [0.15, 0.2) is 78.9 Å². The number of carbonyl (C=O) groups is 1. The van der Waals surface area contributed by atoms with E-state index in [2.05, 4.69) is 5.32 Å². The molecule has 1 atom stereocenters. The molecule has 0 bridgehead atoms. The molecule has 4 rings (SSSR count). The highest BCUT2D eigenvalue weighted by Crippen LogP contribution is 2.34. The van der Waals surface area contributed by atoms with Gasteiger partial charge in [-0.1, -0.05) is 83.9 Å². The Morgan fingerprint density at radius 1 is 0.967 bits per heavy atom. The molecule has 1 N–H and O–H groups in total. The zero-order valence-electron chi connectivity index (χ0n) is 16.3. The average Bonchev–Trinajstić information content (AvgIpc) is 2.74. The van der Waals surface area contributed by atoms with Gasteiger partial charge in [-0.05, 0) is 29.3 Å². The molecule has 1 aliphatic heterocycles. The van der Waals surface area contributed by atoms with Crippen molar-refractivity contribution in [1.82, 2.24) is 10.2 Å². The van der Waals surface area contributed by atoms with E-state index in [0.717, 1.165) is 16.7 Å². The smallest absolute Gasteiger partial charge is 0.317 e. The summed E-state index contributed by atoms with van der Waals surface area (Å²) < 4.78 is 6.37. The van der Waals surface area contributed by atoms with Crippen molar-refractivity contribution in [2.45, 2.75) is 18.8 Å². The highest BCUT2D eigenvalue weighted by molar-refractivity contribution is 6.31. The second-order valence-corrected chi connectivity index (χ2v) is 8.10. The number of carbonyl (C=O) groups excluding carboxylic acids is 1. The van der Waals surface area contributed by atoms with Gasteiger partial charge in [0.15, 0.2) is 0 Å². The molecule has 1 unspecified atom stereocenters. The second-order valence-electron chi connectivity index (χ2n) is 7.26. The average molecular weight is 441 g/mol. The Bertz CT molecular complexity index is 990. The van der Waals surface area contributed by atoms with E-state index in [4.69, 9.17) is 27.9 Å².